The van der Waals surface area contributed by atoms with Crippen molar-refractivity contribution in [3.63, 3.8) is 0 Å². The number of aromatic nitrogens is 3. The molecule has 196 valence electrons. The number of hydrogen-bond donors (Lipinski definition) is 1. The van der Waals surface area contributed by atoms with Gasteiger partial charge >= 0.3 is 6.03 Å². The Balaban J connectivity index is 1.52. The van der Waals surface area contributed by atoms with Crippen LogP contribution in [0.15, 0.2) is 91.1 Å². The minimum absolute atomic E-state index is 0.105. The van der Waals surface area contributed by atoms with Crippen LogP contribution in [0.1, 0.15) is 28.6 Å². The summed E-state index contributed by atoms with van der Waals surface area (Å²) < 4.78 is 37.3. The third kappa shape index (κ3) is 4.31. The number of para-hydroxylation sites is 1. The lowest BCUT2D eigenvalue weighted by molar-refractivity contribution is 0.194. The summed E-state index contributed by atoms with van der Waals surface area (Å²) in [7, 11) is 1.59. The molecule has 1 aliphatic heterocycles. The summed E-state index contributed by atoms with van der Waals surface area (Å²) in [6.45, 7) is 2.10. The standard InChI is InChI=1S/C30H25F2N5O2/c1-19-24-18-36(30(38)33-26-15-12-21(31)17-25(26)32)28(20-10-13-23(39-2)14-11-20)27-9-6-16-35(27)29(24)37(34-19)22-7-4-3-5-8-22/h3-17,28H,18H2,1-2H3,(H,33,38)/t28-/m0/s1. The van der Waals surface area contributed by atoms with E-state index in [1.807, 2.05) is 89.1 Å². The first-order chi connectivity index (χ1) is 18.9. The highest BCUT2D eigenvalue weighted by Gasteiger charge is 2.36. The quantitative estimate of drug-likeness (QED) is 0.296. The second-order valence-corrected chi connectivity index (χ2v) is 9.30. The van der Waals surface area contributed by atoms with Crippen molar-refractivity contribution in [3.05, 3.63) is 125 Å². The van der Waals surface area contributed by atoms with Gasteiger partial charge in [-0.1, -0.05) is 30.3 Å². The van der Waals surface area contributed by atoms with E-state index in [4.69, 9.17) is 9.84 Å². The number of nitrogens with one attached hydrogen (secondary N) is 1. The van der Waals surface area contributed by atoms with Gasteiger partial charge in [0.05, 0.1) is 42.5 Å². The van der Waals surface area contributed by atoms with Gasteiger partial charge in [-0.25, -0.2) is 18.3 Å². The molecule has 1 atom stereocenters. The zero-order chi connectivity index (χ0) is 27.1. The number of fused-ring (bicyclic) bond motifs is 3. The van der Waals surface area contributed by atoms with E-state index in [2.05, 4.69) is 5.32 Å². The Hall–Kier alpha value is -4.92. The predicted octanol–water partition coefficient (Wildman–Crippen LogP) is 6.40. The van der Waals surface area contributed by atoms with Gasteiger partial charge in [-0.3, -0.25) is 0 Å². The van der Waals surface area contributed by atoms with E-state index in [1.165, 1.54) is 6.07 Å². The Bertz CT molecular complexity index is 1660. The molecule has 0 saturated heterocycles. The maximum absolute atomic E-state index is 14.5. The van der Waals surface area contributed by atoms with Crippen molar-refractivity contribution in [3.8, 4) is 17.3 Å². The highest BCUT2D eigenvalue weighted by atomic mass is 19.1. The summed E-state index contributed by atoms with van der Waals surface area (Å²) in [6.07, 6.45) is 1.95. The molecule has 7 nitrogen and oxygen atoms in total. The van der Waals surface area contributed by atoms with Gasteiger partial charge in [0.25, 0.3) is 0 Å². The van der Waals surface area contributed by atoms with Crippen molar-refractivity contribution in [2.45, 2.75) is 19.5 Å². The van der Waals surface area contributed by atoms with Crippen LogP contribution in [0.2, 0.25) is 0 Å². The third-order valence-corrected chi connectivity index (χ3v) is 6.95. The van der Waals surface area contributed by atoms with Crippen LogP contribution in [0.3, 0.4) is 0 Å². The average molecular weight is 526 g/mol. The van der Waals surface area contributed by atoms with E-state index in [0.29, 0.717) is 5.75 Å². The van der Waals surface area contributed by atoms with Crippen LogP contribution in [0.5, 0.6) is 5.75 Å². The van der Waals surface area contributed by atoms with Gasteiger partial charge in [0, 0.05) is 17.8 Å². The highest BCUT2D eigenvalue weighted by molar-refractivity contribution is 5.90. The van der Waals surface area contributed by atoms with Gasteiger partial charge in [0.1, 0.15) is 23.2 Å². The molecular formula is C30H25F2N5O2. The van der Waals surface area contributed by atoms with Crippen molar-refractivity contribution >= 4 is 11.7 Å². The largest absolute Gasteiger partial charge is 0.497 e. The molecule has 0 spiro atoms. The molecular weight excluding hydrogens is 500 g/mol. The Morgan fingerprint density at radius 1 is 1.00 bits per heavy atom. The first kappa shape index (κ1) is 24.4. The predicted molar refractivity (Wildman–Crippen MR) is 143 cm³/mol. The zero-order valence-electron chi connectivity index (χ0n) is 21.3. The van der Waals surface area contributed by atoms with Gasteiger partial charge in [-0.2, -0.15) is 5.10 Å². The Morgan fingerprint density at radius 3 is 2.49 bits per heavy atom. The number of nitrogens with zero attached hydrogens (tertiary/aromatic N) is 4. The molecule has 9 heteroatoms. The summed E-state index contributed by atoms with van der Waals surface area (Å²) in [5, 5.41) is 7.48. The molecule has 39 heavy (non-hydrogen) atoms. The molecule has 0 unspecified atom stereocenters. The molecule has 3 aromatic carbocycles. The number of carbonyl (C=O) groups is 1. The van der Waals surface area contributed by atoms with Gasteiger partial charge in [0.2, 0.25) is 0 Å². The van der Waals surface area contributed by atoms with Crippen molar-refractivity contribution < 1.29 is 18.3 Å². The zero-order valence-corrected chi connectivity index (χ0v) is 21.3. The lowest BCUT2D eigenvalue weighted by Gasteiger charge is -2.31. The van der Waals surface area contributed by atoms with Crippen LogP contribution in [0, 0.1) is 18.6 Å². The number of methoxy groups -OCH3 is 1. The second-order valence-electron chi connectivity index (χ2n) is 9.30. The Morgan fingerprint density at radius 2 is 1.77 bits per heavy atom. The number of urea groups is 1. The number of halogens is 2. The van der Waals surface area contributed by atoms with Crippen LogP contribution < -0.4 is 10.1 Å². The van der Waals surface area contributed by atoms with Crippen LogP contribution in [0.4, 0.5) is 19.3 Å². The molecule has 5 aromatic rings. The molecule has 3 heterocycles. The van der Waals surface area contributed by atoms with E-state index in [0.717, 1.165) is 46.2 Å². The van der Waals surface area contributed by atoms with Gasteiger partial charge in [-0.15, -0.1) is 0 Å². The van der Waals surface area contributed by atoms with Crippen LogP contribution >= 0.6 is 0 Å². The monoisotopic (exact) mass is 525 g/mol. The molecule has 0 aliphatic carbocycles. The summed E-state index contributed by atoms with van der Waals surface area (Å²) >= 11 is 0. The minimum Gasteiger partial charge on any atom is -0.497 e. The average Bonchev–Trinajstić information content (AvgIpc) is 3.51. The van der Waals surface area contributed by atoms with Crippen LogP contribution in [-0.2, 0) is 6.54 Å². The maximum atomic E-state index is 14.5. The lowest BCUT2D eigenvalue weighted by Crippen LogP contribution is -2.38. The summed E-state index contributed by atoms with van der Waals surface area (Å²) in [5.41, 5.74) is 4.05. The Kier molecular flexibility index (Phi) is 6.11. The van der Waals surface area contributed by atoms with E-state index in [1.54, 1.807) is 12.0 Å². The molecule has 0 bridgehead atoms. The molecule has 0 fully saturated rings. The summed E-state index contributed by atoms with van der Waals surface area (Å²) in [6, 6.07) is 23.2. The topological polar surface area (TPSA) is 64.3 Å². The van der Waals surface area contributed by atoms with Gasteiger partial charge in [0.15, 0.2) is 0 Å². The van der Waals surface area contributed by atoms with Crippen molar-refractivity contribution in [1.82, 2.24) is 19.2 Å². The fourth-order valence-electron chi connectivity index (χ4n) is 5.06. The van der Waals surface area contributed by atoms with E-state index in [9.17, 15) is 13.6 Å². The number of ether oxygens (including phenoxy) is 1. The van der Waals surface area contributed by atoms with Crippen molar-refractivity contribution in [2.24, 2.45) is 0 Å². The first-order valence-electron chi connectivity index (χ1n) is 12.4. The highest BCUT2D eigenvalue weighted by Crippen LogP contribution is 2.39. The second kappa shape index (κ2) is 9.75. The number of hydrogen-bond acceptors (Lipinski definition) is 3. The van der Waals surface area contributed by atoms with Crippen LogP contribution in [-0.4, -0.2) is 32.4 Å². The van der Waals surface area contributed by atoms with E-state index in [-0.39, 0.29) is 12.2 Å². The fraction of sp³-hybridized carbons (Fsp3) is 0.133. The fourth-order valence-corrected chi connectivity index (χ4v) is 5.06. The molecule has 1 N–H and O–H groups in total. The normalized spacial score (nSPS) is 14.4. The number of anilines is 1. The molecule has 0 saturated carbocycles. The Labute approximate surface area is 223 Å². The first-order valence-corrected chi connectivity index (χ1v) is 12.4. The summed E-state index contributed by atoms with van der Waals surface area (Å²) in [5.74, 6) is -0.0643. The van der Waals surface area contributed by atoms with Gasteiger partial charge < -0.3 is 19.5 Å². The maximum Gasteiger partial charge on any atom is 0.323 e. The van der Waals surface area contributed by atoms with Crippen molar-refractivity contribution in [2.75, 3.05) is 12.4 Å². The smallest absolute Gasteiger partial charge is 0.323 e. The molecule has 0 radical (unpaired) electrons. The van der Waals surface area contributed by atoms with E-state index < -0.39 is 23.7 Å². The molecule has 6 rings (SSSR count). The molecule has 2 amide bonds. The molecule has 1 aliphatic rings. The van der Waals surface area contributed by atoms with Gasteiger partial charge in [-0.05, 0) is 61.0 Å². The van der Waals surface area contributed by atoms with Crippen LogP contribution in [0.25, 0.3) is 11.5 Å². The molecule has 2 aromatic heterocycles. The number of rotatable bonds is 4. The SMILES string of the molecule is COc1ccc([C@H]2c3cccn3-c3c(c(C)nn3-c3ccccc3)CN2C(=O)Nc2ccc(F)cc2F)cc1. The number of amides is 2. The number of carbonyl (C=O) groups excluding carboxylic acids is 1. The lowest BCUT2D eigenvalue weighted by atomic mass is 10.0. The third-order valence-electron chi connectivity index (χ3n) is 6.95. The number of benzene rings is 3. The summed E-state index contributed by atoms with van der Waals surface area (Å²) in [4.78, 5) is 15.5. The minimum atomic E-state index is -0.851. The van der Waals surface area contributed by atoms with E-state index >= 15 is 0 Å². The number of aryl methyl sites for hydroxylation is 1. The van der Waals surface area contributed by atoms with Crippen molar-refractivity contribution in [1.29, 1.82) is 0 Å².